The van der Waals surface area contributed by atoms with Crippen LogP contribution in [0.25, 0.3) is 10.9 Å². The van der Waals surface area contributed by atoms with E-state index in [1.54, 1.807) is 12.3 Å². The van der Waals surface area contributed by atoms with Crippen molar-refractivity contribution in [2.24, 2.45) is 0 Å². The number of halogens is 2. The van der Waals surface area contributed by atoms with Crippen LogP contribution in [0.3, 0.4) is 0 Å². The van der Waals surface area contributed by atoms with Gasteiger partial charge < -0.3 is 9.42 Å². The maximum Gasteiger partial charge on any atom is 0.261 e. The number of anilines is 1. The molecule has 1 fully saturated rings. The lowest BCUT2D eigenvalue weighted by molar-refractivity contribution is 0.125. The highest BCUT2D eigenvalue weighted by molar-refractivity contribution is 5.81. The molecule has 27 heavy (non-hydrogen) atoms. The average molecular weight is 375 g/mol. The summed E-state index contributed by atoms with van der Waals surface area (Å²) in [6.45, 7) is 3.52. The predicted octanol–water partition coefficient (Wildman–Crippen LogP) is 1.97. The van der Waals surface area contributed by atoms with E-state index in [-0.39, 0.29) is 0 Å². The molecule has 0 amide bonds. The van der Waals surface area contributed by atoms with E-state index in [1.807, 2.05) is 18.2 Å². The first-order chi connectivity index (χ1) is 13.1. The molecule has 142 valence electrons. The fraction of sp³-hybridized carbons (Fsp3) is 0.389. The van der Waals surface area contributed by atoms with E-state index in [2.05, 4.69) is 19.9 Å². The monoisotopic (exact) mass is 375 g/mol. The van der Waals surface area contributed by atoms with E-state index in [9.17, 15) is 13.6 Å². The Labute approximate surface area is 153 Å². The molecule has 0 unspecified atom stereocenters. The van der Waals surface area contributed by atoms with Gasteiger partial charge in [0.15, 0.2) is 5.76 Å². The van der Waals surface area contributed by atoms with Gasteiger partial charge in [0.2, 0.25) is 0 Å². The number of benzene rings is 1. The second kappa shape index (κ2) is 7.43. The molecule has 3 aromatic rings. The third kappa shape index (κ3) is 3.82. The van der Waals surface area contributed by atoms with Crippen LogP contribution in [0.15, 0.2) is 46.1 Å². The molecule has 0 radical (unpaired) electrons. The topological polar surface area (TPSA) is 67.4 Å². The van der Waals surface area contributed by atoms with Gasteiger partial charge in [-0.3, -0.25) is 14.3 Å². The first kappa shape index (κ1) is 17.6. The Hall–Kier alpha value is -2.81. The minimum atomic E-state index is -2.59. The summed E-state index contributed by atoms with van der Waals surface area (Å²) in [5.41, 5.74) is 1.05. The largest absolute Gasteiger partial charge is 0.369 e. The number of alkyl halides is 2. The first-order valence-corrected chi connectivity index (χ1v) is 8.74. The smallest absolute Gasteiger partial charge is 0.261 e. The number of hydrogen-bond donors (Lipinski definition) is 0. The first-order valence-electron chi connectivity index (χ1n) is 8.74. The lowest BCUT2D eigenvalue weighted by atomic mass is 10.2. The van der Waals surface area contributed by atoms with Gasteiger partial charge in [-0.05, 0) is 18.2 Å². The van der Waals surface area contributed by atoms with Gasteiger partial charge in [0.1, 0.15) is 0 Å². The van der Waals surface area contributed by atoms with Crippen LogP contribution in [-0.4, -0.2) is 52.2 Å². The van der Waals surface area contributed by atoms with Gasteiger partial charge in [-0.25, -0.2) is 13.8 Å². The quantitative estimate of drug-likeness (QED) is 0.679. The van der Waals surface area contributed by atoms with Crippen molar-refractivity contribution in [3.05, 3.63) is 52.9 Å². The van der Waals surface area contributed by atoms with Crippen molar-refractivity contribution in [1.82, 2.24) is 19.6 Å². The highest BCUT2D eigenvalue weighted by atomic mass is 19.3. The summed E-state index contributed by atoms with van der Waals surface area (Å²) in [5.74, 6) is 0.846. The highest BCUT2D eigenvalue weighted by Gasteiger charge is 2.19. The lowest BCUT2D eigenvalue weighted by Gasteiger charge is -2.35. The molecular weight excluding hydrogens is 356 g/mol. The molecular formula is C18H19F2N5O2. The van der Waals surface area contributed by atoms with Crippen LogP contribution in [-0.2, 0) is 13.1 Å². The third-order valence-electron chi connectivity index (χ3n) is 4.75. The van der Waals surface area contributed by atoms with E-state index in [0.717, 1.165) is 48.7 Å². The van der Waals surface area contributed by atoms with E-state index < -0.39 is 18.5 Å². The normalized spacial score (nSPS) is 15.7. The third-order valence-corrected chi connectivity index (χ3v) is 4.75. The Morgan fingerprint density at radius 1 is 1.15 bits per heavy atom. The molecule has 7 nitrogen and oxygen atoms in total. The van der Waals surface area contributed by atoms with Crippen LogP contribution in [0.5, 0.6) is 0 Å². The Morgan fingerprint density at radius 3 is 2.67 bits per heavy atom. The van der Waals surface area contributed by atoms with Gasteiger partial charge in [-0.15, -0.1) is 0 Å². The summed E-state index contributed by atoms with van der Waals surface area (Å²) in [7, 11) is 0. The van der Waals surface area contributed by atoms with Crippen LogP contribution in [0.1, 0.15) is 5.76 Å². The van der Waals surface area contributed by atoms with E-state index >= 15 is 0 Å². The number of hydrogen-bond acceptors (Lipinski definition) is 6. The van der Waals surface area contributed by atoms with Crippen molar-refractivity contribution >= 4 is 16.6 Å². The number of rotatable bonds is 5. The molecule has 1 aliphatic heterocycles. The van der Waals surface area contributed by atoms with Crippen molar-refractivity contribution in [2.45, 2.75) is 19.5 Å². The zero-order valence-corrected chi connectivity index (χ0v) is 14.6. The number of fused-ring (bicyclic) bond motifs is 1. The zero-order chi connectivity index (χ0) is 18.8. The van der Waals surface area contributed by atoms with Crippen molar-refractivity contribution in [1.29, 1.82) is 0 Å². The Bertz CT molecular complexity index is 966. The Balaban J connectivity index is 1.47. The molecule has 4 rings (SSSR count). The molecule has 0 bridgehead atoms. The predicted molar refractivity (Wildman–Crippen MR) is 96.0 cm³/mol. The summed E-state index contributed by atoms with van der Waals surface area (Å²) < 4.78 is 31.2. The molecule has 2 aromatic heterocycles. The fourth-order valence-corrected chi connectivity index (χ4v) is 3.33. The standard InChI is InChI=1S/C18H19F2N5O2/c19-17(20)11-25-12-21-16-9-13(1-2-15(16)18(25)26)24-7-5-23(6-8-24)10-14-3-4-22-27-14/h1-4,9,12,17H,5-8,10-11H2. The minimum Gasteiger partial charge on any atom is -0.369 e. The lowest BCUT2D eigenvalue weighted by Crippen LogP contribution is -2.45. The Morgan fingerprint density at radius 2 is 1.96 bits per heavy atom. The van der Waals surface area contributed by atoms with Crippen LogP contribution in [0.4, 0.5) is 14.5 Å². The molecule has 3 heterocycles. The molecule has 0 aliphatic carbocycles. The number of piperazine rings is 1. The van der Waals surface area contributed by atoms with Gasteiger partial charge in [-0.1, -0.05) is 5.16 Å². The molecule has 0 saturated carbocycles. The Kier molecular flexibility index (Phi) is 4.85. The minimum absolute atomic E-state index is 0.353. The van der Waals surface area contributed by atoms with Crippen LogP contribution in [0.2, 0.25) is 0 Å². The van der Waals surface area contributed by atoms with Gasteiger partial charge in [-0.2, -0.15) is 0 Å². The van der Waals surface area contributed by atoms with Crippen molar-refractivity contribution in [3.8, 4) is 0 Å². The van der Waals surface area contributed by atoms with Crippen LogP contribution < -0.4 is 10.5 Å². The zero-order valence-electron chi connectivity index (χ0n) is 14.6. The molecule has 1 saturated heterocycles. The number of nitrogens with zero attached hydrogens (tertiary/aromatic N) is 5. The molecule has 1 aromatic carbocycles. The van der Waals surface area contributed by atoms with Gasteiger partial charge >= 0.3 is 0 Å². The summed E-state index contributed by atoms with van der Waals surface area (Å²) >= 11 is 0. The summed E-state index contributed by atoms with van der Waals surface area (Å²) in [6, 6.07) is 7.23. The van der Waals surface area contributed by atoms with E-state index in [0.29, 0.717) is 10.9 Å². The van der Waals surface area contributed by atoms with Gasteiger partial charge in [0.05, 0.1) is 36.5 Å². The van der Waals surface area contributed by atoms with Gasteiger partial charge in [0.25, 0.3) is 12.0 Å². The molecule has 0 N–H and O–H groups in total. The summed E-state index contributed by atoms with van der Waals surface area (Å²) in [5, 5.41) is 4.07. The maximum atomic E-state index is 12.6. The van der Waals surface area contributed by atoms with E-state index in [4.69, 9.17) is 4.52 Å². The van der Waals surface area contributed by atoms with Crippen LogP contribution >= 0.6 is 0 Å². The maximum absolute atomic E-state index is 12.6. The molecule has 0 atom stereocenters. The SMILES string of the molecule is O=c1c2ccc(N3CCN(Cc4ccno4)CC3)cc2ncn1CC(F)F. The van der Waals surface area contributed by atoms with Gasteiger partial charge in [0, 0.05) is 37.9 Å². The second-order valence-corrected chi connectivity index (χ2v) is 6.54. The van der Waals surface area contributed by atoms with Crippen molar-refractivity contribution in [3.63, 3.8) is 0 Å². The second-order valence-electron chi connectivity index (χ2n) is 6.54. The summed E-state index contributed by atoms with van der Waals surface area (Å²) in [6.07, 6.45) is 0.244. The molecule has 0 spiro atoms. The number of aromatic nitrogens is 3. The molecule has 1 aliphatic rings. The van der Waals surface area contributed by atoms with E-state index in [1.165, 1.54) is 6.33 Å². The average Bonchev–Trinajstić information content (AvgIpc) is 3.17. The van der Waals surface area contributed by atoms with Crippen LogP contribution in [0, 0.1) is 0 Å². The summed E-state index contributed by atoms with van der Waals surface area (Å²) in [4.78, 5) is 21.0. The highest BCUT2D eigenvalue weighted by Crippen LogP contribution is 2.21. The van der Waals surface area contributed by atoms with Crippen molar-refractivity contribution < 1.29 is 13.3 Å². The van der Waals surface area contributed by atoms with Crippen molar-refractivity contribution in [2.75, 3.05) is 31.1 Å². The molecule has 9 heteroatoms. The fourth-order valence-electron chi connectivity index (χ4n) is 3.33.